The summed E-state index contributed by atoms with van der Waals surface area (Å²) in [6.07, 6.45) is 41.9. The van der Waals surface area contributed by atoms with Crippen molar-refractivity contribution in [1.82, 2.24) is 0 Å². The van der Waals surface area contributed by atoms with Crippen LogP contribution in [0.4, 0.5) is 0 Å². The van der Waals surface area contributed by atoms with Gasteiger partial charge in [-0.2, -0.15) is 0 Å². The third-order valence-corrected chi connectivity index (χ3v) is 9.44. The van der Waals surface area contributed by atoms with Crippen molar-refractivity contribution in [3.05, 3.63) is 24.3 Å². The molecule has 1 atom stereocenters. The molecular weight excluding hydrogens is 651 g/mol. The smallest absolute Gasteiger partial charge is 0.462 e. The van der Waals surface area contributed by atoms with Crippen molar-refractivity contribution in [2.45, 2.75) is 213 Å². The minimum absolute atomic E-state index is 0.186. The van der Waals surface area contributed by atoms with Crippen LogP contribution in [-0.4, -0.2) is 41.0 Å². The Hall–Kier alpha value is -1.47. The molecule has 8 nitrogen and oxygen atoms in total. The van der Waals surface area contributed by atoms with Crippen molar-refractivity contribution in [2.75, 3.05) is 13.2 Å². The summed E-state index contributed by atoms with van der Waals surface area (Å²) in [5, 5.41) is 0. The van der Waals surface area contributed by atoms with E-state index >= 15 is 0 Å². The summed E-state index contributed by atoms with van der Waals surface area (Å²) in [5.41, 5.74) is 0. The van der Waals surface area contributed by atoms with E-state index in [1.807, 2.05) is 6.08 Å². The molecule has 9 heteroatoms. The first-order valence-corrected chi connectivity index (χ1v) is 22.2. The highest BCUT2D eigenvalue weighted by Gasteiger charge is 2.22. The number of carbonyl (C=O) groups is 2. The number of ether oxygens (including phenoxy) is 2. The fourth-order valence-corrected chi connectivity index (χ4v) is 6.22. The van der Waals surface area contributed by atoms with E-state index in [0.29, 0.717) is 12.8 Å². The molecule has 0 aromatic carbocycles. The predicted molar refractivity (Wildman–Crippen MR) is 207 cm³/mol. The van der Waals surface area contributed by atoms with Crippen LogP contribution in [0.2, 0.25) is 0 Å². The lowest BCUT2D eigenvalue weighted by Crippen LogP contribution is -2.29. The van der Waals surface area contributed by atoms with Gasteiger partial charge in [0, 0.05) is 12.8 Å². The van der Waals surface area contributed by atoms with E-state index in [9.17, 15) is 14.2 Å². The Labute approximate surface area is 307 Å². The van der Waals surface area contributed by atoms with E-state index in [-0.39, 0.29) is 19.4 Å². The summed E-state index contributed by atoms with van der Waals surface area (Å²) in [4.78, 5) is 42.8. The van der Waals surface area contributed by atoms with Crippen LogP contribution in [0.5, 0.6) is 0 Å². The molecule has 0 bridgehead atoms. The highest BCUT2D eigenvalue weighted by molar-refractivity contribution is 7.46. The second kappa shape index (κ2) is 37.3. The van der Waals surface area contributed by atoms with Crippen LogP contribution < -0.4 is 0 Å². The Bertz CT molecular complexity index is 869. The third-order valence-electron chi connectivity index (χ3n) is 8.96. The van der Waals surface area contributed by atoms with E-state index < -0.39 is 32.5 Å². The van der Waals surface area contributed by atoms with Gasteiger partial charge in [0.15, 0.2) is 6.10 Å². The highest BCUT2D eigenvalue weighted by atomic mass is 31.2. The molecule has 50 heavy (non-hydrogen) atoms. The van der Waals surface area contributed by atoms with Crippen molar-refractivity contribution in [2.24, 2.45) is 0 Å². The first-order chi connectivity index (χ1) is 24.3. The minimum Gasteiger partial charge on any atom is -0.462 e. The molecule has 0 radical (unpaired) electrons. The summed E-state index contributed by atoms with van der Waals surface area (Å²) in [6, 6.07) is 0. The van der Waals surface area contributed by atoms with Crippen molar-refractivity contribution in [3.63, 3.8) is 0 Å². The molecule has 0 fully saturated rings. The molecule has 2 N–H and O–H groups in total. The Morgan fingerprint density at radius 2 is 0.880 bits per heavy atom. The van der Waals surface area contributed by atoms with Crippen LogP contribution in [-0.2, 0) is 28.2 Å². The van der Waals surface area contributed by atoms with Gasteiger partial charge in [-0.3, -0.25) is 14.1 Å². The molecule has 0 unspecified atom stereocenters. The van der Waals surface area contributed by atoms with Gasteiger partial charge in [-0.1, -0.05) is 167 Å². The average molecular weight is 729 g/mol. The number of carbonyl (C=O) groups excluding carboxylic acids is 2. The number of rotatable bonds is 38. The number of unbranched alkanes of at least 4 members (excludes halogenated alkanes) is 24. The fourth-order valence-electron chi connectivity index (χ4n) is 5.86. The quantitative estimate of drug-likeness (QED) is 0.0279. The van der Waals surface area contributed by atoms with E-state index in [4.69, 9.17) is 19.3 Å². The summed E-state index contributed by atoms with van der Waals surface area (Å²) in [5.74, 6) is -0.938. The van der Waals surface area contributed by atoms with Gasteiger partial charge in [-0.05, 0) is 51.4 Å². The zero-order valence-electron chi connectivity index (χ0n) is 32.3. The van der Waals surface area contributed by atoms with Gasteiger partial charge in [0.25, 0.3) is 0 Å². The molecule has 0 aromatic rings. The Morgan fingerprint density at radius 1 is 0.500 bits per heavy atom. The largest absolute Gasteiger partial charge is 0.469 e. The molecule has 0 saturated carbocycles. The summed E-state index contributed by atoms with van der Waals surface area (Å²) in [6.45, 7) is 3.65. The molecule has 0 spiro atoms. The molecule has 0 aromatic heterocycles. The number of hydrogen-bond acceptors (Lipinski definition) is 6. The van der Waals surface area contributed by atoms with Crippen LogP contribution in [0.25, 0.3) is 0 Å². The second-order valence-electron chi connectivity index (χ2n) is 14.0. The Kier molecular flexibility index (Phi) is 36.2. The number of hydrogen-bond donors (Lipinski definition) is 2. The zero-order valence-corrected chi connectivity index (χ0v) is 33.2. The van der Waals surface area contributed by atoms with Gasteiger partial charge >= 0.3 is 19.8 Å². The first kappa shape index (κ1) is 48.5. The normalized spacial score (nSPS) is 12.6. The molecule has 294 valence electrons. The minimum atomic E-state index is -4.76. The Morgan fingerprint density at radius 3 is 1.32 bits per heavy atom. The van der Waals surface area contributed by atoms with Crippen molar-refractivity contribution < 1.29 is 37.9 Å². The molecule has 0 rings (SSSR count). The zero-order chi connectivity index (χ0) is 36.8. The van der Waals surface area contributed by atoms with Crippen LogP contribution >= 0.6 is 7.82 Å². The highest BCUT2D eigenvalue weighted by Crippen LogP contribution is 2.36. The lowest BCUT2D eigenvalue weighted by molar-refractivity contribution is -0.161. The van der Waals surface area contributed by atoms with Gasteiger partial charge < -0.3 is 19.3 Å². The van der Waals surface area contributed by atoms with Crippen LogP contribution in [0.15, 0.2) is 24.3 Å². The topological polar surface area (TPSA) is 119 Å². The average Bonchev–Trinajstić information content (AvgIpc) is 3.08. The van der Waals surface area contributed by atoms with Crippen molar-refractivity contribution in [3.8, 4) is 0 Å². The van der Waals surface area contributed by atoms with Crippen molar-refractivity contribution in [1.29, 1.82) is 0 Å². The molecule has 0 saturated heterocycles. The Balaban J connectivity index is 3.94. The van der Waals surface area contributed by atoms with Crippen LogP contribution in [0, 0.1) is 0 Å². The maximum Gasteiger partial charge on any atom is 0.469 e. The van der Waals surface area contributed by atoms with Crippen LogP contribution in [0.3, 0.4) is 0 Å². The lowest BCUT2D eigenvalue weighted by atomic mass is 10.1. The molecule has 0 amide bonds. The summed E-state index contributed by atoms with van der Waals surface area (Å²) in [7, 11) is -4.76. The molecular formula is C41H77O8P. The first-order valence-electron chi connectivity index (χ1n) is 20.6. The van der Waals surface area contributed by atoms with Crippen LogP contribution in [0.1, 0.15) is 206 Å². The van der Waals surface area contributed by atoms with E-state index in [1.54, 1.807) is 0 Å². The van der Waals surface area contributed by atoms with E-state index in [1.165, 1.54) is 135 Å². The number of phosphoric ester groups is 1. The second-order valence-corrected chi connectivity index (χ2v) is 15.2. The summed E-state index contributed by atoms with van der Waals surface area (Å²) >= 11 is 0. The molecule has 0 aliphatic carbocycles. The number of esters is 2. The van der Waals surface area contributed by atoms with Gasteiger partial charge in [0.2, 0.25) is 0 Å². The van der Waals surface area contributed by atoms with E-state index in [2.05, 4.69) is 36.6 Å². The maximum atomic E-state index is 12.4. The van der Waals surface area contributed by atoms with Gasteiger partial charge in [0.05, 0.1) is 6.61 Å². The predicted octanol–water partition coefficient (Wildman–Crippen LogP) is 12.4. The van der Waals surface area contributed by atoms with Gasteiger partial charge in [0.1, 0.15) is 6.61 Å². The van der Waals surface area contributed by atoms with Crippen molar-refractivity contribution >= 4 is 19.8 Å². The van der Waals surface area contributed by atoms with E-state index in [0.717, 1.165) is 32.1 Å². The van der Waals surface area contributed by atoms with Gasteiger partial charge in [-0.25, -0.2) is 4.57 Å². The molecule has 0 heterocycles. The lowest BCUT2D eigenvalue weighted by Gasteiger charge is -2.18. The SMILES string of the molecule is CCCCCC/C=C/CCCCCCCCCCCC(=O)O[C@H](COC(=O)CC/C=C/CCCCCCCCCCCCC)COP(=O)(O)O. The number of phosphoric acid groups is 1. The monoisotopic (exact) mass is 729 g/mol. The maximum absolute atomic E-state index is 12.4. The van der Waals surface area contributed by atoms with Gasteiger partial charge in [-0.15, -0.1) is 0 Å². The molecule has 0 aliphatic rings. The summed E-state index contributed by atoms with van der Waals surface area (Å²) < 4.78 is 26.3. The molecule has 0 aliphatic heterocycles. The fraction of sp³-hybridized carbons (Fsp3) is 0.854. The third kappa shape index (κ3) is 39.3. The standard InChI is InChI=1S/C41H77O8P/c1-3-5-7-9-11-13-15-17-19-20-22-24-26-28-30-32-34-36-41(43)49-39(38-48-50(44,45)46)37-47-40(42)35-33-31-29-27-25-23-21-18-16-14-12-10-8-6-4-2/h13,15,29,31,39H,3-12,14,16-28,30,32-38H2,1-2H3,(H2,44,45,46)/b15-13+,31-29+/t39-/m1/s1. The number of allylic oxidation sites excluding steroid dienone is 4.